The van der Waals surface area contributed by atoms with Crippen molar-refractivity contribution in [1.29, 1.82) is 0 Å². The minimum Gasteiger partial charge on any atom is -0.459 e. The molecule has 6 aliphatic carbocycles. The van der Waals surface area contributed by atoms with Crippen LogP contribution in [0.2, 0.25) is 0 Å². The molecular weight excluding hydrogens is 356 g/mol. The van der Waals surface area contributed by atoms with E-state index in [2.05, 4.69) is 20.8 Å². The molecule has 0 spiro atoms. The van der Waals surface area contributed by atoms with Crippen molar-refractivity contribution in [2.45, 2.75) is 97.0 Å². The molecule has 2 nitrogen and oxygen atoms in total. The Kier molecular flexibility index (Phi) is 4.45. The molecule has 0 saturated heterocycles. The summed E-state index contributed by atoms with van der Waals surface area (Å²) in [5.41, 5.74) is -0.163. The second-order valence-corrected chi connectivity index (χ2v) is 12.4. The van der Waals surface area contributed by atoms with E-state index < -0.39 is 0 Å². The van der Waals surface area contributed by atoms with Gasteiger partial charge in [0.25, 0.3) is 0 Å². The molecule has 162 valence electrons. The third kappa shape index (κ3) is 2.62. The molecule has 0 radical (unpaired) electrons. The van der Waals surface area contributed by atoms with Crippen molar-refractivity contribution >= 4 is 5.97 Å². The molecular formula is C27H42O2. The summed E-state index contributed by atoms with van der Waals surface area (Å²) in [7, 11) is 0. The van der Waals surface area contributed by atoms with Gasteiger partial charge in [0, 0.05) is 0 Å². The van der Waals surface area contributed by atoms with Gasteiger partial charge in [-0.15, -0.1) is 0 Å². The number of rotatable bonds is 4. The zero-order chi connectivity index (χ0) is 19.9. The maximum Gasteiger partial charge on any atom is 0.309 e. The number of fused-ring (bicyclic) bond motifs is 12. The molecule has 0 aliphatic heterocycles. The number of esters is 1. The summed E-state index contributed by atoms with van der Waals surface area (Å²) in [6, 6.07) is 0. The van der Waals surface area contributed by atoms with Gasteiger partial charge in [-0.25, -0.2) is 0 Å². The zero-order valence-electron chi connectivity index (χ0n) is 18.9. The fourth-order valence-corrected chi connectivity index (χ4v) is 10.6. The van der Waals surface area contributed by atoms with Gasteiger partial charge in [0.15, 0.2) is 0 Å². The average Bonchev–Trinajstić information content (AvgIpc) is 3.49. The van der Waals surface area contributed by atoms with E-state index in [9.17, 15) is 4.79 Å². The Balaban J connectivity index is 1.21. The van der Waals surface area contributed by atoms with E-state index in [4.69, 9.17) is 4.74 Å². The summed E-state index contributed by atoms with van der Waals surface area (Å²) in [5, 5.41) is 0. The highest BCUT2D eigenvalue weighted by atomic mass is 16.6. The Hall–Kier alpha value is -0.530. The quantitative estimate of drug-likeness (QED) is 0.400. The van der Waals surface area contributed by atoms with Gasteiger partial charge in [0.1, 0.15) is 5.60 Å². The van der Waals surface area contributed by atoms with E-state index in [0.29, 0.717) is 5.92 Å². The van der Waals surface area contributed by atoms with Gasteiger partial charge in [-0.1, -0.05) is 33.1 Å². The molecule has 2 heteroatoms. The van der Waals surface area contributed by atoms with Crippen LogP contribution in [0.3, 0.4) is 0 Å². The minimum atomic E-state index is -0.163. The first-order chi connectivity index (χ1) is 14.0. The number of carbonyl (C=O) groups is 1. The lowest BCUT2D eigenvalue weighted by Crippen LogP contribution is -2.44. The Bertz CT molecular complexity index is 663. The van der Waals surface area contributed by atoms with Gasteiger partial charge in [-0.3, -0.25) is 4.79 Å². The molecule has 0 aromatic heterocycles. The van der Waals surface area contributed by atoms with E-state index in [1.165, 1.54) is 51.4 Å². The smallest absolute Gasteiger partial charge is 0.309 e. The largest absolute Gasteiger partial charge is 0.459 e. The van der Waals surface area contributed by atoms with E-state index >= 15 is 0 Å². The van der Waals surface area contributed by atoms with E-state index in [1.807, 2.05) is 0 Å². The van der Waals surface area contributed by atoms with Crippen molar-refractivity contribution in [3.05, 3.63) is 0 Å². The van der Waals surface area contributed by atoms with Gasteiger partial charge >= 0.3 is 5.97 Å². The monoisotopic (exact) mass is 398 g/mol. The van der Waals surface area contributed by atoms with Gasteiger partial charge < -0.3 is 4.74 Å². The Morgan fingerprint density at radius 1 is 0.793 bits per heavy atom. The van der Waals surface area contributed by atoms with Crippen LogP contribution in [0, 0.1) is 65.1 Å². The highest BCUT2D eigenvalue weighted by Crippen LogP contribution is 2.75. The van der Waals surface area contributed by atoms with Crippen LogP contribution in [-0.2, 0) is 9.53 Å². The Morgan fingerprint density at radius 3 is 2.10 bits per heavy atom. The molecule has 0 aromatic rings. The maximum atomic E-state index is 13.3. The zero-order valence-corrected chi connectivity index (χ0v) is 18.9. The molecule has 6 saturated carbocycles. The number of ether oxygens (including phenoxy) is 1. The predicted octanol–water partition coefficient (Wildman–Crippen LogP) is 6.48. The van der Waals surface area contributed by atoms with Gasteiger partial charge in [0.2, 0.25) is 0 Å². The number of hydrogen-bond acceptors (Lipinski definition) is 2. The lowest BCUT2D eigenvalue weighted by Gasteiger charge is -2.45. The van der Waals surface area contributed by atoms with Crippen molar-refractivity contribution in [1.82, 2.24) is 0 Å². The fourth-order valence-electron chi connectivity index (χ4n) is 10.6. The summed E-state index contributed by atoms with van der Waals surface area (Å²) in [4.78, 5) is 13.3. The van der Waals surface area contributed by atoms with Crippen molar-refractivity contribution in [3.63, 3.8) is 0 Å². The Labute approximate surface area is 177 Å². The van der Waals surface area contributed by atoms with Crippen molar-refractivity contribution in [3.8, 4) is 0 Å². The molecule has 11 atom stereocenters. The van der Waals surface area contributed by atoms with Crippen LogP contribution in [-0.4, -0.2) is 11.6 Å². The third-order valence-electron chi connectivity index (χ3n) is 11.4. The summed E-state index contributed by atoms with van der Waals surface area (Å²) in [6.07, 6.45) is 14.3. The van der Waals surface area contributed by atoms with Crippen molar-refractivity contribution < 1.29 is 9.53 Å². The lowest BCUT2D eigenvalue weighted by molar-refractivity contribution is -0.170. The van der Waals surface area contributed by atoms with Crippen LogP contribution in [0.4, 0.5) is 0 Å². The highest BCUT2D eigenvalue weighted by molar-refractivity contribution is 5.74. The van der Waals surface area contributed by atoms with Gasteiger partial charge in [-0.2, -0.15) is 0 Å². The van der Waals surface area contributed by atoms with E-state index in [0.717, 1.165) is 72.5 Å². The SMILES string of the molecule is CCC1CC(CC)C2C3CC(C12)C1C2CC(C(=O)OC4(C)CCCCC4)C(C2)C31. The van der Waals surface area contributed by atoms with Gasteiger partial charge in [-0.05, 0) is 117 Å². The summed E-state index contributed by atoms with van der Waals surface area (Å²) < 4.78 is 6.27. The number of hydrogen-bond donors (Lipinski definition) is 0. The molecule has 0 amide bonds. The summed E-state index contributed by atoms with van der Waals surface area (Å²) in [6.45, 7) is 7.09. The van der Waals surface area contributed by atoms with E-state index in [1.54, 1.807) is 0 Å². The Morgan fingerprint density at radius 2 is 1.45 bits per heavy atom. The molecule has 6 rings (SSSR count). The lowest BCUT2D eigenvalue weighted by atomic mass is 9.60. The van der Waals surface area contributed by atoms with Crippen LogP contribution < -0.4 is 0 Å². The molecule has 6 fully saturated rings. The van der Waals surface area contributed by atoms with Crippen molar-refractivity contribution in [2.75, 3.05) is 0 Å². The van der Waals surface area contributed by atoms with Crippen LogP contribution in [0.25, 0.3) is 0 Å². The summed E-state index contributed by atoms with van der Waals surface area (Å²) >= 11 is 0. The molecule has 0 heterocycles. The molecule has 0 N–H and O–H groups in total. The second kappa shape index (κ2) is 6.73. The standard InChI is InChI=1S/C27H42O2/c1-4-15-11-16(5-2)23-21-14-20(22(15)23)24-17-12-18(25(21)24)19(13-17)26(28)29-27(3)9-7-6-8-10-27/h15-25H,4-14H2,1-3H3. The first kappa shape index (κ1) is 19.2. The van der Waals surface area contributed by atoms with E-state index in [-0.39, 0.29) is 17.5 Å². The average molecular weight is 399 g/mol. The van der Waals surface area contributed by atoms with Crippen LogP contribution >= 0.6 is 0 Å². The van der Waals surface area contributed by atoms with Crippen LogP contribution in [0.15, 0.2) is 0 Å². The second-order valence-electron chi connectivity index (χ2n) is 12.4. The minimum absolute atomic E-state index is 0.163. The topological polar surface area (TPSA) is 26.3 Å². The predicted molar refractivity (Wildman–Crippen MR) is 115 cm³/mol. The fraction of sp³-hybridized carbons (Fsp3) is 0.963. The molecule has 0 aromatic carbocycles. The molecule has 29 heavy (non-hydrogen) atoms. The van der Waals surface area contributed by atoms with Crippen LogP contribution in [0.1, 0.15) is 91.4 Å². The first-order valence-electron chi connectivity index (χ1n) is 13.3. The first-order valence-corrected chi connectivity index (χ1v) is 13.3. The molecule has 11 unspecified atom stereocenters. The summed E-state index contributed by atoms with van der Waals surface area (Å²) in [5.74, 6) is 9.79. The van der Waals surface area contributed by atoms with Gasteiger partial charge in [0.05, 0.1) is 5.92 Å². The molecule has 4 bridgehead atoms. The normalized spacial score (nSPS) is 53.8. The van der Waals surface area contributed by atoms with Crippen molar-refractivity contribution in [2.24, 2.45) is 65.1 Å². The molecule has 6 aliphatic rings. The maximum absolute atomic E-state index is 13.3. The number of carbonyl (C=O) groups excluding carboxylic acids is 1. The van der Waals surface area contributed by atoms with Crippen LogP contribution in [0.5, 0.6) is 0 Å². The highest BCUT2D eigenvalue weighted by Gasteiger charge is 2.71. The third-order valence-corrected chi connectivity index (χ3v) is 11.4.